The lowest BCUT2D eigenvalue weighted by Gasteiger charge is -2.27. The van der Waals surface area contributed by atoms with Gasteiger partial charge >= 0.3 is 0 Å². The van der Waals surface area contributed by atoms with Gasteiger partial charge in [0, 0.05) is 6.54 Å². The molecule has 0 aliphatic carbocycles. The third-order valence-electron chi connectivity index (χ3n) is 3.84. The van der Waals surface area contributed by atoms with Gasteiger partial charge in [0.25, 0.3) is 0 Å². The van der Waals surface area contributed by atoms with Crippen molar-refractivity contribution < 1.29 is 9.21 Å². The summed E-state index contributed by atoms with van der Waals surface area (Å²) in [6, 6.07) is 13.3. The predicted octanol–water partition coefficient (Wildman–Crippen LogP) is 2.30. The molecule has 0 saturated carbocycles. The highest BCUT2D eigenvalue weighted by Gasteiger charge is 2.24. The molecule has 1 N–H and O–H groups in total. The first kappa shape index (κ1) is 17.2. The molecule has 2 unspecified atom stereocenters. The van der Waals surface area contributed by atoms with Crippen LogP contribution in [0.5, 0.6) is 0 Å². The van der Waals surface area contributed by atoms with Gasteiger partial charge in [-0.25, -0.2) is 0 Å². The Balaban J connectivity index is 2.07. The Morgan fingerprint density at radius 2 is 1.74 bits per heavy atom. The minimum atomic E-state index is -0.310. The Labute approximate surface area is 137 Å². The van der Waals surface area contributed by atoms with Gasteiger partial charge in [-0.1, -0.05) is 30.3 Å². The van der Waals surface area contributed by atoms with Crippen molar-refractivity contribution in [2.75, 3.05) is 34.7 Å². The van der Waals surface area contributed by atoms with Crippen molar-refractivity contribution in [3.63, 3.8) is 0 Å². The Hall–Kier alpha value is -2.11. The van der Waals surface area contributed by atoms with Gasteiger partial charge in [0.15, 0.2) is 0 Å². The van der Waals surface area contributed by atoms with E-state index >= 15 is 0 Å². The maximum atomic E-state index is 12.7. The Bertz CT molecular complexity index is 594. The molecule has 0 aliphatic heterocycles. The lowest BCUT2D eigenvalue weighted by molar-refractivity contribution is -0.126. The predicted molar refractivity (Wildman–Crippen MR) is 91.0 cm³/mol. The number of likely N-dealkylation sites (N-methyl/N-ethyl adjacent to an activating group) is 2. The van der Waals surface area contributed by atoms with Crippen LogP contribution in [0.4, 0.5) is 0 Å². The zero-order valence-electron chi connectivity index (χ0n) is 14.2. The van der Waals surface area contributed by atoms with Crippen molar-refractivity contribution in [3.8, 4) is 0 Å². The van der Waals surface area contributed by atoms with E-state index in [-0.39, 0.29) is 18.0 Å². The topological polar surface area (TPSA) is 48.7 Å². The monoisotopic (exact) mass is 315 g/mol. The number of furan rings is 1. The van der Waals surface area contributed by atoms with E-state index in [1.165, 1.54) is 0 Å². The number of benzene rings is 1. The third-order valence-corrected chi connectivity index (χ3v) is 3.84. The van der Waals surface area contributed by atoms with E-state index < -0.39 is 0 Å². The summed E-state index contributed by atoms with van der Waals surface area (Å²) < 4.78 is 5.48. The molecule has 23 heavy (non-hydrogen) atoms. The summed E-state index contributed by atoms with van der Waals surface area (Å²) in [7, 11) is 7.76. The molecule has 2 atom stereocenters. The van der Waals surface area contributed by atoms with Gasteiger partial charge in [-0.2, -0.15) is 0 Å². The molecule has 1 amide bonds. The zero-order valence-corrected chi connectivity index (χ0v) is 14.2. The lowest BCUT2D eigenvalue weighted by atomic mass is 10.1. The molecule has 0 spiro atoms. The number of rotatable bonds is 7. The van der Waals surface area contributed by atoms with E-state index in [0.717, 1.165) is 11.3 Å². The summed E-state index contributed by atoms with van der Waals surface area (Å²) in [5.41, 5.74) is 0.981. The number of amides is 1. The third kappa shape index (κ3) is 4.43. The summed E-state index contributed by atoms with van der Waals surface area (Å²) >= 11 is 0. The first-order valence-corrected chi connectivity index (χ1v) is 7.69. The van der Waals surface area contributed by atoms with E-state index in [9.17, 15) is 4.79 Å². The van der Waals surface area contributed by atoms with Crippen LogP contribution < -0.4 is 5.32 Å². The molecule has 5 nitrogen and oxygen atoms in total. The highest BCUT2D eigenvalue weighted by Crippen LogP contribution is 2.20. The summed E-state index contributed by atoms with van der Waals surface area (Å²) in [6.07, 6.45) is 1.65. The van der Waals surface area contributed by atoms with Crippen LogP contribution in [0.1, 0.15) is 23.4 Å². The normalized spacial score (nSPS) is 14.0. The largest absolute Gasteiger partial charge is 0.468 e. The van der Waals surface area contributed by atoms with Crippen LogP contribution in [0.3, 0.4) is 0 Å². The van der Waals surface area contributed by atoms with E-state index in [4.69, 9.17) is 4.42 Å². The van der Waals surface area contributed by atoms with Crippen molar-refractivity contribution in [2.24, 2.45) is 0 Å². The second-order valence-electron chi connectivity index (χ2n) is 6.02. The average Bonchev–Trinajstić information content (AvgIpc) is 3.02. The molecule has 0 aliphatic rings. The van der Waals surface area contributed by atoms with Crippen molar-refractivity contribution in [2.45, 2.75) is 12.1 Å². The Kier molecular flexibility index (Phi) is 5.96. The SMILES string of the molecule is CN(C)C(CNC(=O)C(c1ccccc1)N(C)C)c1ccco1. The van der Waals surface area contributed by atoms with Crippen molar-refractivity contribution in [3.05, 3.63) is 60.1 Å². The molecule has 0 bridgehead atoms. The standard InChI is InChI=1S/C18H25N3O2/c1-20(2)15(16-11-8-12-23-16)13-19-18(22)17(21(3)4)14-9-6-5-7-10-14/h5-12,15,17H,13H2,1-4H3,(H,19,22). The van der Waals surface area contributed by atoms with Crippen molar-refractivity contribution in [1.82, 2.24) is 15.1 Å². The summed E-state index contributed by atoms with van der Waals surface area (Å²) in [5.74, 6) is 0.830. The highest BCUT2D eigenvalue weighted by atomic mass is 16.3. The minimum absolute atomic E-state index is 0.00698. The van der Waals surface area contributed by atoms with Crippen LogP contribution in [-0.2, 0) is 4.79 Å². The summed E-state index contributed by atoms with van der Waals surface area (Å²) in [6.45, 7) is 0.497. The quantitative estimate of drug-likeness (QED) is 0.852. The van der Waals surface area contributed by atoms with Crippen LogP contribution in [-0.4, -0.2) is 50.4 Å². The van der Waals surface area contributed by atoms with Gasteiger partial charge in [-0.15, -0.1) is 0 Å². The van der Waals surface area contributed by atoms with Crippen LogP contribution in [0, 0.1) is 0 Å². The maximum absolute atomic E-state index is 12.7. The molecule has 0 fully saturated rings. The highest BCUT2D eigenvalue weighted by molar-refractivity contribution is 5.83. The van der Waals surface area contributed by atoms with Gasteiger partial charge in [0.2, 0.25) is 5.91 Å². The van der Waals surface area contributed by atoms with Gasteiger partial charge in [-0.3, -0.25) is 14.6 Å². The fourth-order valence-electron chi connectivity index (χ4n) is 2.63. The van der Waals surface area contributed by atoms with Gasteiger partial charge < -0.3 is 9.73 Å². The number of nitrogens with one attached hydrogen (secondary N) is 1. The average molecular weight is 315 g/mol. The smallest absolute Gasteiger partial charge is 0.242 e. The van der Waals surface area contributed by atoms with Crippen LogP contribution in [0.2, 0.25) is 0 Å². The second-order valence-corrected chi connectivity index (χ2v) is 6.02. The van der Waals surface area contributed by atoms with E-state index in [2.05, 4.69) is 5.32 Å². The second kappa shape index (κ2) is 7.94. The first-order valence-electron chi connectivity index (χ1n) is 7.69. The lowest BCUT2D eigenvalue weighted by Crippen LogP contribution is -2.40. The molecule has 5 heteroatoms. The molecule has 1 heterocycles. The van der Waals surface area contributed by atoms with E-state index in [0.29, 0.717) is 6.54 Å². The van der Waals surface area contributed by atoms with Gasteiger partial charge in [-0.05, 0) is 45.9 Å². The molecule has 1 aromatic carbocycles. The molecular weight excluding hydrogens is 290 g/mol. The number of carbonyl (C=O) groups excluding carboxylic acids is 1. The molecule has 124 valence electrons. The molecule has 1 aromatic heterocycles. The summed E-state index contributed by atoms with van der Waals surface area (Å²) in [5, 5.41) is 3.05. The number of hydrogen-bond acceptors (Lipinski definition) is 4. The van der Waals surface area contributed by atoms with Crippen LogP contribution >= 0.6 is 0 Å². The van der Waals surface area contributed by atoms with Crippen LogP contribution in [0.15, 0.2) is 53.1 Å². The number of carbonyl (C=O) groups is 1. The van der Waals surface area contributed by atoms with Crippen molar-refractivity contribution in [1.29, 1.82) is 0 Å². The zero-order chi connectivity index (χ0) is 16.8. The fraction of sp³-hybridized carbons (Fsp3) is 0.389. The van der Waals surface area contributed by atoms with Crippen LogP contribution in [0.25, 0.3) is 0 Å². The fourth-order valence-corrected chi connectivity index (χ4v) is 2.63. The molecule has 2 rings (SSSR count). The number of nitrogens with zero attached hydrogens (tertiary/aromatic N) is 2. The Morgan fingerprint density at radius 1 is 1.04 bits per heavy atom. The van der Waals surface area contributed by atoms with Gasteiger partial charge in [0.05, 0.1) is 12.3 Å². The number of hydrogen-bond donors (Lipinski definition) is 1. The maximum Gasteiger partial charge on any atom is 0.242 e. The first-order chi connectivity index (χ1) is 11.0. The molecule has 0 saturated heterocycles. The summed E-state index contributed by atoms with van der Waals surface area (Å²) in [4.78, 5) is 16.6. The van der Waals surface area contributed by atoms with E-state index in [1.807, 2.05) is 80.5 Å². The van der Waals surface area contributed by atoms with Gasteiger partial charge in [0.1, 0.15) is 11.8 Å². The molecule has 2 aromatic rings. The molecular formula is C18H25N3O2. The van der Waals surface area contributed by atoms with E-state index in [1.54, 1.807) is 6.26 Å². The minimum Gasteiger partial charge on any atom is -0.468 e. The van der Waals surface area contributed by atoms with Crippen molar-refractivity contribution >= 4 is 5.91 Å². The Morgan fingerprint density at radius 3 is 2.26 bits per heavy atom. The molecule has 0 radical (unpaired) electrons.